The van der Waals surface area contributed by atoms with E-state index in [1.54, 1.807) is 35.4 Å². The predicted octanol–water partition coefficient (Wildman–Crippen LogP) is 4.08. The van der Waals surface area contributed by atoms with Crippen LogP contribution in [0.5, 0.6) is 5.75 Å². The Hall–Kier alpha value is -4.00. The lowest BCUT2D eigenvalue weighted by molar-refractivity contribution is -0.125. The van der Waals surface area contributed by atoms with E-state index in [1.165, 1.54) is 6.08 Å². The summed E-state index contributed by atoms with van der Waals surface area (Å²) in [6, 6.07) is 12.8. The third kappa shape index (κ3) is 5.09. The number of para-hydroxylation sites is 1. The Bertz CT molecular complexity index is 1140. The number of aromatic amines is 1. The highest BCUT2D eigenvalue weighted by Crippen LogP contribution is 2.40. The number of aromatic nitrogens is 2. The molecule has 0 bridgehead atoms. The largest absolute Gasteiger partial charge is 0.507 e. The molecule has 2 aromatic heterocycles. The normalized spacial score (nSPS) is 17.9. The van der Waals surface area contributed by atoms with Crippen molar-refractivity contribution in [3.63, 3.8) is 0 Å². The lowest BCUT2D eigenvalue weighted by atomic mass is 9.87. The van der Waals surface area contributed by atoms with Gasteiger partial charge < -0.3 is 26.5 Å². The number of H-pyrrole nitrogens is 1. The van der Waals surface area contributed by atoms with Gasteiger partial charge in [0, 0.05) is 59.8 Å². The molecule has 1 fully saturated rings. The number of nitrogens with two attached hydrogens (primary N) is 2. The third-order valence-corrected chi connectivity index (χ3v) is 5.75. The Morgan fingerprint density at radius 2 is 1.94 bits per heavy atom. The summed E-state index contributed by atoms with van der Waals surface area (Å²) in [5, 5.41) is 10.1. The number of benzene rings is 1. The van der Waals surface area contributed by atoms with E-state index in [4.69, 9.17) is 11.5 Å². The fourth-order valence-corrected chi connectivity index (χ4v) is 4.15. The maximum atomic E-state index is 12.3. The fourth-order valence-electron chi connectivity index (χ4n) is 4.15. The number of rotatable bonds is 5. The van der Waals surface area contributed by atoms with Crippen LogP contribution in [0.1, 0.15) is 48.1 Å². The molecule has 0 saturated carbocycles. The maximum absolute atomic E-state index is 12.3. The number of nitrogens with one attached hydrogen (secondary N) is 1. The molecular formula is C26H31N5O2. The number of aromatic hydroxyl groups is 1. The highest BCUT2D eigenvalue weighted by atomic mass is 16.3. The van der Waals surface area contributed by atoms with E-state index in [1.807, 2.05) is 44.3 Å². The number of pyridine rings is 1. The molecule has 2 atom stereocenters. The van der Waals surface area contributed by atoms with Crippen LogP contribution in [0.3, 0.4) is 0 Å². The molecule has 0 radical (unpaired) electrons. The summed E-state index contributed by atoms with van der Waals surface area (Å²) >= 11 is 0. The Kier molecular flexibility index (Phi) is 7.56. The van der Waals surface area contributed by atoms with Crippen LogP contribution in [0.15, 0.2) is 67.5 Å². The molecule has 0 spiro atoms. The van der Waals surface area contributed by atoms with Crippen molar-refractivity contribution in [1.82, 2.24) is 14.9 Å². The summed E-state index contributed by atoms with van der Waals surface area (Å²) in [4.78, 5) is 21.6. The van der Waals surface area contributed by atoms with Crippen LogP contribution < -0.4 is 11.5 Å². The van der Waals surface area contributed by atoms with Gasteiger partial charge in [-0.05, 0) is 42.0 Å². The number of anilines is 1. The van der Waals surface area contributed by atoms with Gasteiger partial charge in [-0.3, -0.25) is 9.78 Å². The first-order valence-electron chi connectivity index (χ1n) is 11.0. The van der Waals surface area contributed by atoms with Crippen molar-refractivity contribution in [3.8, 4) is 5.75 Å². The summed E-state index contributed by atoms with van der Waals surface area (Å²) in [6.07, 6.45) is 6.65. The minimum Gasteiger partial charge on any atom is -0.507 e. The lowest BCUT2D eigenvalue weighted by Gasteiger charge is -2.16. The van der Waals surface area contributed by atoms with Gasteiger partial charge >= 0.3 is 0 Å². The number of phenolic OH excluding ortho intramolecular Hbond substituents is 1. The zero-order valence-electron chi connectivity index (χ0n) is 19.0. The molecule has 1 aromatic carbocycles. The first-order valence-corrected chi connectivity index (χ1v) is 11.0. The zero-order valence-corrected chi connectivity index (χ0v) is 19.0. The average Bonchev–Trinajstić information content (AvgIpc) is 3.45. The molecule has 1 saturated heterocycles. The molecule has 33 heavy (non-hydrogen) atoms. The zero-order chi connectivity index (χ0) is 24.0. The van der Waals surface area contributed by atoms with Crippen LogP contribution >= 0.6 is 0 Å². The van der Waals surface area contributed by atoms with Crippen LogP contribution in [0.4, 0.5) is 5.82 Å². The van der Waals surface area contributed by atoms with Crippen molar-refractivity contribution >= 4 is 23.5 Å². The number of likely N-dealkylation sites (tertiary alicyclic amines) is 1. The van der Waals surface area contributed by atoms with E-state index in [0.29, 0.717) is 30.2 Å². The molecule has 4 rings (SSSR count). The second-order valence-corrected chi connectivity index (χ2v) is 7.66. The van der Waals surface area contributed by atoms with E-state index >= 15 is 0 Å². The van der Waals surface area contributed by atoms with Crippen LogP contribution in [-0.2, 0) is 4.79 Å². The second kappa shape index (κ2) is 10.5. The minimum absolute atomic E-state index is 0.0175. The molecular weight excluding hydrogens is 414 g/mol. The fraction of sp³-hybridized carbons (Fsp3) is 0.231. The molecule has 172 valence electrons. The number of hydrogen-bond acceptors (Lipinski definition) is 5. The quantitative estimate of drug-likeness (QED) is 0.441. The van der Waals surface area contributed by atoms with Crippen LogP contribution in [-0.4, -0.2) is 39.0 Å². The Morgan fingerprint density at radius 1 is 1.21 bits per heavy atom. The van der Waals surface area contributed by atoms with Crippen molar-refractivity contribution in [2.75, 3.05) is 18.8 Å². The molecule has 3 heterocycles. The molecule has 1 amide bonds. The highest BCUT2D eigenvalue weighted by molar-refractivity contribution is 5.87. The number of hydrogen-bond donors (Lipinski definition) is 4. The molecule has 3 aromatic rings. The van der Waals surface area contributed by atoms with Crippen LogP contribution in [0, 0.1) is 0 Å². The number of amides is 1. The molecule has 7 heteroatoms. The smallest absolute Gasteiger partial charge is 0.245 e. The van der Waals surface area contributed by atoms with Gasteiger partial charge in [-0.25, -0.2) is 0 Å². The van der Waals surface area contributed by atoms with Crippen LogP contribution in [0.2, 0.25) is 0 Å². The molecule has 0 aliphatic carbocycles. The van der Waals surface area contributed by atoms with Crippen molar-refractivity contribution in [3.05, 3.63) is 89.9 Å². The van der Waals surface area contributed by atoms with Crippen molar-refractivity contribution in [2.24, 2.45) is 5.73 Å². The molecule has 6 N–H and O–H groups in total. The van der Waals surface area contributed by atoms with E-state index in [0.717, 1.165) is 16.8 Å². The standard InChI is InChI=1S/C24H25N5O2.C2H6/c1-2-23(31)29-13-18(15-6-5-9-27-12-15)19(14-29)21-11-16(24(26)28-21)10-20(25)17-7-3-4-8-22(17)30;1-2/h2-12,18-19,28,30H,1,13-14,25-26H2;1-2H3/b20-10-;. The van der Waals surface area contributed by atoms with Crippen molar-refractivity contribution < 1.29 is 9.90 Å². The number of nitrogen functional groups attached to an aromatic ring is 1. The van der Waals surface area contributed by atoms with Gasteiger partial charge in [0.15, 0.2) is 0 Å². The Morgan fingerprint density at radius 3 is 2.61 bits per heavy atom. The van der Waals surface area contributed by atoms with Gasteiger partial charge in [-0.15, -0.1) is 0 Å². The van der Waals surface area contributed by atoms with Crippen molar-refractivity contribution in [1.29, 1.82) is 0 Å². The molecule has 7 nitrogen and oxygen atoms in total. The van der Waals surface area contributed by atoms with Gasteiger partial charge in [0.25, 0.3) is 0 Å². The topological polar surface area (TPSA) is 121 Å². The molecule has 1 aliphatic rings. The van der Waals surface area contributed by atoms with Crippen molar-refractivity contribution in [2.45, 2.75) is 25.7 Å². The Balaban J connectivity index is 0.00000149. The number of carbonyl (C=O) groups excluding carboxylic acids is 1. The predicted molar refractivity (Wildman–Crippen MR) is 133 cm³/mol. The van der Waals surface area contributed by atoms with E-state index < -0.39 is 0 Å². The minimum atomic E-state index is -0.0974. The average molecular weight is 446 g/mol. The lowest BCUT2D eigenvalue weighted by Crippen LogP contribution is -2.26. The van der Waals surface area contributed by atoms with Gasteiger partial charge in [-0.2, -0.15) is 0 Å². The second-order valence-electron chi connectivity index (χ2n) is 7.66. The van der Waals surface area contributed by atoms with Crippen LogP contribution in [0.25, 0.3) is 11.8 Å². The van der Waals surface area contributed by atoms with Gasteiger partial charge in [0.1, 0.15) is 11.6 Å². The molecule has 1 aliphatic heterocycles. The Labute approximate surface area is 194 Å². The first kappa shape index (κ1) is 23.7. The SMILES string of the molecule is C=CC(=O)N1CC(c2cccnc2)C(c2cc(/C=C(\N)c3ccccc3O)c(N)[nH]2)C1.CC. The molecule has 2 unspecified atom stereocenters. The maximum Gasteiger partial charge on any atom is 0.245 e. The van der Waals surface area contributed by atoms with Gasteiger partial charge in [-0.1, -0.05) is 38.6 Å². The number of phenols is 1. The monoisotopic (exact) mass is 445 g/mol. The highest BCUT2D eigenvalue weighted by Gasteiger charge is 2.37. The van der Waals surface area contributed by atoms with Gasteiger partial charge in [0.2, 0.25) is 5.91 Å². The summed E-state index contributed by atoms with van der Waals surface area (Å²) < 4.78 is 0. The summed E-state index contributed by atoms with van der Waals surface area (Å²) in [7, 11) is 0. The van der Waals surface area contributed by atoms with Gasteiger partial charge in [0.05, 0.1) is 0 Å². The third-order valence-electron chi connectivity index (χ3n) is 5.75. The number of carbonyl (C=O) groups is 1. The van der Waals surface area contributed by atoms with E-state index in [9.17, 15) is 9.90 Å². The van der Waals surface area contributed by atoms with E-state index in [2.05, 4.69) is 16.5 Å². The number of nitrogens with zero attached hydrogens (tertiary/aromatic N) is 2. The first-order chi connectivity index (χ1) is 16.0. The summed E-state index contributed by atoms with van der Waals surface area (Å²) in [5.74, 6) is 0.579. The summed E-state index contributed by atoms with van der Waals surface area (Å²) in [6.45, 7) is 8.73. The van der Waals surface area contributed by atoms with E-state index in [-0.39, 0.29) is 23.5 Å². The summed E-state index contributed by atoms with van der Waals surface area (Å²) in [5.41, 5.74) is 16.1.